The van der Waals surface area contributed by atoms with Gasteiger partial charge in [0, 0.05) is 12.1 Å². The van der Waals surface area contributed by atoms with E-state index in [1.54, 1.807) is 6.92 Å². The van der Waals surface area contributed by atoms with Gasteiger partial charge in [-0.15, -0.1) is 0 Å². The summed E-state index contributed by atoms with van der Waals surface area (Å²) in [6.07, 6.45) is 0.676. The monoisotopic (exact) mass is 390 g/mol. The maximum atomic E-state index is 12.3. The molecule has 3 aromatic rings. The van der Waals surface area contributed by atoms with Crippen molar-refractivity contribution in [3.8, 4) is 11.5 Å². The highest BCUT2D eigenvalue weighted by atomic mass is 16.4. The fourth-order valence-electron chi connectivity index (χ4n) is 3.09. The maximum absolute atomic E-state index is 12.3. The predicted octanol–water partition coefficient (Wildman–Crippen LogP) is 4.13. The summed E-state index contributed by atoms with van der Waals surface area (Å²) < 4.78 is 5.72. The number of aryl methyl sites for hydroxylation is 3. The zero-order valence-corrected chi connectivity index (χ0v) is 17.1. The average molecular weight is 390 g/mol. The van der Waals surface area contributed by atoms with Gasteiger partial charge in [0.25, 0.3) is 0 Å². The van der Waals surface area contributed by atoms with Gasteiger partial charge in [0.2, 0.25) is 11.8 Å². The summed E-state index contributed by atoms with van der Waals surface area (Å²) in [5, 5.41) is 2.81. The number of oxazole rings is 1. The maximum Gasteiger partial charge on any atom is 0.227 e. The van der Waals surface area contributed by atoms with Gasteiger partial charge in [0.05, 0.1) is 18.5 Å². The van der Waals surface area contributed by atoms with Gasteiger partial charge in [-0.3, -0.25) is 9.59 Å². The van der Waals surface area contributed by atoms with E-state index >= 15 is 0 Å². The van der Waals surface area contributed by atoms with Crippen LogP contribution in [0.25, 0.3) is 11.5 Å². The molecule has 0 aliphatic rings. The van der Waals surface area contributed by atoms with Crippen LogP contribution in [-0.4, -0.2) is 23.2 Å². The van der Waals surface area contributed by atoms with Crippen molar-refractivity contribution in [3.63, 3.8) is 0 Å². The van der Waals surface area contributed by atoms with E-state index in [-0.39, 0.29) is 24.5 Å². The Morgan fingerprint density at radius 2 is 1.76 bits per heavy atom. The molecule has 0 saturated heterocycles. The lowest BCUT2D eigenvalue weighted by Crippen LogP contribution is -2.28. The SMILES string of the molecule is Cc1ccc(CCNC(=O)CC(=O)Cc2nc(-c3cccc(C)c3)oc2C)cc1. The Hall–Kier alpha value is -3.21. The number of aromatic nitrogens is 1. The Kier molecular flexibility index (Phi) is 6.60. The quantitative estimate of drug-likeness (QED) is 0.587. The Balaban J connectivity index is 1.50. The fourth-order valence-corrected chi connectivity index (χ4v) is 3.09. The molecule has 0 radical (unpaired) electrons. The molecule has 0 saturated carbocycles. The first kappa shape index (κ1) is 20.5. The molecule has 5 nitrogen and oxygen atoms in total. The molecule has 0 atom stereocenters. The largest absolute Gasteiger partial charge is 0.441 e. The second kappa shape index (κ2) is 9.32. The van der Waals surface area contributed by atoms with Crippen LogP contribution < -0.4 is 5.32 Å². The molecule has 0 aliphatic carbocycles. The van der Waals surface area contributed by atoms with Gasteiger partial charge in [-0.2, -0.15) is 0 Å². The lowest BCUT2D eigenvalue weighted by Gasteiger charge is -2.05. The van der Waals surface area contributed by atoms with Crippen LogP contribution in [0.3, 0.4) is 0 Å². The highest BCUT2D eigenvalue weighted by Gasteiger charge is 2.17. The molecule has 29 heavy (non-hydrogen) atoms. The molecule has 3 rings (SSSR count). The Labute approximate surface area is 171 Å². The highest BCUT2D eigenvalue weighted by molar-refractivity contribution is 5.98. The molecule has 0 unspecified atom stereocenters. The van der Waals surface area contributed by atoms with Crippen molar-refractivity contribution in [2.24, 2.45) is 0 Å². The van der Waals surface area contributed by atoms with Gasteiger partial charge in [-0.25, -0.2) is 4.98 Å². The summed E-state index contributed by atoms with van der Waals surface area (Å²) in [5.74, 6) is 0.665. The molecule has 0 bridgehead atoms. The van der Waals surface area contributed by atoms with Crippen LogP contribution in [0.15, 0.2) is 52.9 Å². The summed E-state index contributed by atoms with van der Waals surface area (Å²) in [4.78, 5) is 28.8. The molecule has 2 aromatic carbocycles. The summed E-state index contributed by atoms with van der Waals surface area (Å²) in [7, 11) is 0. The van der Waals surface area contributed by atoms with Crippen molar-refractivity contribution in [2.45, 2.75) is 40.0 Å². The molecule has 1 aromatic heterocycles. The Bertz CT molecular complexity index is 1000. The third-order valence-electron chi connectivity index (χ3n) is 4.74. The fraction of sp³-hybridized carbons (Fsp3) is 0.292. The number of rotatable bonds is 8. The van der Waals surface area contributed by atoms with Gasteiger partial charge in [-0.05, 0) is 44.9 Å². The van der Waals surface area contributed by atoms with E-state index in [1.165, 1.54) is 5.56 Å². The first-order chi connectivity index (χ1) is 13.9. The van der Waals surface area contributed by atoms with Gasteiger partial charge >= 0.3 is 0 Å². The van der Waals surface area contributed by atoms with E-state index in [0.29, 0.717) is 23.9 Å². The normalized spacial score (nSPS) is 10.7. The topological polar surface area (TPSA) is 72.2 Å². The van der Waals surface area contributed by atoms with E-state index in [2.05, 4.69) is 10.3 Å². The first-order valence-corrected chi connectivity index (χ1v) is 9.78. The van der Waals surface area contributed by atoms with Crippen molar-refractivity contribution in [1.29, 1.82) is 0 Å². The minimum Gasteiger partial charge on any atom is -0.441 e. The minimum atomic E-state index is -0.262. The number of benzene rings is 2. The molecule has 1 heterocycles. The number of carbonyl (C=O) groups excluding carboxylic acids is 2. The van der Waals surface area contributed by atoms with E-state index in [4.69, 9.17) is 4.42 Å². The number of hydrogen-bond donors (Lipinski definition) is 1. The van der Waals surface area contributed by atoms with Gasteiger partial charge in [0.15, 0.2) is 0 Å². The smallest absolute Gasteiger partial charge is 0.227 e. The van der Waals surface area contributed by atoms with Crippen LogP contribution in [0.5, 0.6) is 0 Å². The van der Waals surface area contributed by atoms with Gasteiger partial charge in [0.1, 0.15) is 11.5 Å². The van der Waals surface area contributed by atoms with E-state index in [1.807, 2.05) is 62.4 Å². The summed E-state index contributed by atoms with van der Waals surface area (Å²) in [5.41, 5.74) is 4.93. The third kappa shape index (κ3) is 5.88. The number of Topliss-reactive ketones (excluding diaryl/α,β-unsaturated/α-hetero) is 1. The molecule has 0 spiro atoms. The van der Waals surface area contributed by atoms with Gasteiger partial charge < -0.3 is 9.73 Å². The Morgan fingerprint density at radius 1 is 1.00 bits per heavy atom. The van der Waals surface area contributed by atoms with E-state index in [0.717, 1.165) is 23.1 Å². The lowest BCUT2D eigenvalue weighted by molar-refractivity contribution is -0.127. The predicted molar refractivity (Wildman–Crippen MR) is 113 cm³/mol. The molecule has 5 heteroatoms. The van der Waals surface area contributed by atoms with Crippen molar-refractivity contribution in [2.75, 3.05) is 6.54 Å². The zero-order valence-electron chi connectivity index (χ0n) is 17.1. The van der Waals surface area contributed by atoms with Crippen LogP contribution in [-0.2, 0) is 22.4 Å². The molecule has 1 amide bonds. The number of nitrogens with one attached hydrogen (secondary N) is 1. The number of amides is 1. The molecule has 0 fully saturated rings. The van der Waals surface area contributed by atoms with E-state index < -0.39 is 0 Å². The zero-order chi connectivity index (χ0) is 20.8. The second-order valence-corrected chi connectivity index (χ2v) is 7.37. The minimum absolute atomic E-state index is 0.0898. The standard InChI is InChI=1S/C24H26N2O3/c1-16-7-9-19(10-8-16)11-12-25-23(28)15-21(27)14-22-18(3)29-24(26-22)20-6-4-5-17(2)13-20/h4-10,13H,11-12,14-15H2,1-3H3,(H,25,28). The molecular weight excluding hydrogens is 364 g/mol. The van der Waals surface area contributed by atoms with Crippen molar-refractivity contribution in [1.82, 2.24) is 10.3 Å². The van der Waals surface area contributed by atoms with Gasteiger partial charge in [-0.1, -0.05) is 47.5 Å². The third-order valence-corrected chi connectivity index (χ3v) is 4.74. The van der Waals surface area contributed by atoms with Crippen molar-refractivity contribution in [3.05, 3.63) is 76.7 Å². The number of hydrogen-bond acceptors (Lipinski definition) is 4. The number of ketones is 1. The molecular formula is C24H26N2O3. The van der Waals surface area contributed by atoms with Crippen LogP contribution in [0.1, 0.15) is 34.6 Å². The highest BCUT2D eigenvalue weighted by Crippen LogP contribution is 2.23. The summed E-state index contributed by atoms with van der Waals surface area (Å²) >= 11 is 0. The first-order valence-electron chi connectivity index (χ1n) is 9.78. The number of carbonyl (C=O) groups is 2. The Morgan fingerprint density at radius 3 is 2.48 bits per heavy atom. The lowest BCUT2D eigenvalue weighted by atomic mass is 10.1. The molecule has 1 N–H and O–H groups in total. The second-order valence-electron chi connectivity index (χ2n) is 7.37. The van der Waals surface area contributed by atoms with Crippen LogP contribution >= 0.6 is 0 Å². The average Bonchev–Trinajstić information content (AvgIpc) is 3.04. The van der Waals surface area contributed by atoms with Crippen molar-refractivity contribution >= 4 is 11.7 Å². The van der Waals surface area contributed by atoms with Crippen molar-refractivity contribution < 1.29 is 14.0 Å². The summed E-state index contributed by atoms with van der Waals surface area (Å²) in [6, 6.07) is 16.0. The summed E-state index contributed by atoms with van der Waals surface area (Å²) in [6.45, 7) is 6.34. The van der Waals surface area contributed by atoms with E-state index in [9.17, 15) is 9.59 Å². The van der Waals surface area contributed by atoms with Crippen LogP contribution in [0.4, 0.5) is 0 Å². The van der Waals surface area contributed by atoms with Crippen LogP contribution in [0, 0.1) is 20.8 Å². The van der Waals surface area contributed by atoms with Crippen LogP contribution in [0.2, 0.25) is 0 Å². The number of nitrogens with zero attached hydrogens (tertiary/aromatic N) is 1. The molecule has 150 valence electrons. The molecule has 0 aliphatic heterocycles.